The Hall–Kier alpha value is -2.01. The molecule has 1 fully saturated rings. The van der Waals surface area contributed by atoms with Crippen LogP contribution in [0.2, 0.25) is 0 Å². The number of nitrogens with one attached hydrogen (secondary N) is 1. The molecule has 2 heterocycles. The first-order valence-corrected chi connectivity index (χ1v) is 8.25. The van der Waals surface area contributed by atoms with Gasteiger partial charge in [-0.3, -0.25) is 0 Å². The maximum absolute atomic E-state index is 13.0. The number of piperidine rings is 1. The molecule has 0 unspecified atom stereocenters. The number of benzene rings is 1. The first kappa shape index (κ1) is 15.9. The molecule has 0 amide bonds. The summed E-state index contributed by atoms with van der Waals surface area (Å²) < 4.78 is 13.0. The lowest BCUT2D eigenvalue weighted by molar-refractivity contribution is 0.226. The lowest BCUT2D eigenvalue weighted by Gasteiger charge is -2.32. The van der Waals surface area contributed by atoms with Gasteiger partial charge in [-0.05, 0) is 68.8 Å². The molecule has 1 N–H and O–H groups in total. The fourth-order valence-corrected chi connectivity index (χ4v) is 3.12. The van der Waals surface area contributed by atoms with Crippen LogP contribution in [0.25, 0.3) is 11.3 Å². The van der Waals surface area contributed by atoms with Crippen molar-refractivity contribution in [1.29, 1.82) is 0 Å². The van der Waals surface area contributed by atoms with Crippen LogP contribution in [-0.4, -0.2) is 40.8 Å². The predicted molar refractivity (Wildman–Crippen MR) is 90.9 cm³/mol. The molecule has 122 valence electrons. The van der Waals surface area contributed by atoms with Gasteiger partial charge in [-0.2, -0.15) is 0 Å². The summed E-state index contributed by atoms with van der Waals surface area (Å²) in [4.78, 5) is 2.45. The van der Waals surface area contributed by atoms with E-state index in [1.54, 1.807) is 12.1 Å². The third kappa shape index (κ3) is 3.85. The highest BCUT2D eigenvalue weighted by Gasteiger charge is 2.19. The van der Waals surface area contributed by atoms with Crippen molar-refractivity contribution >= 4 is 5.82 Å². The van der Waals surface area contributed by atoms with Crippen LogP contribution < -0.4 is 5.32 Å². The Bertz CT molecular complexity index is 657. The van der Waals surface area contributed by atoms with E-state index < -0.39 is 0 Å². The molecule has 2 aromatic rings. The predicted octanol–water partition coefficient (Wildman–Crippen LogP) is 3.49. The van der Waals surface area contributed by atoms with Gasteiger partial charge in [0.25, 0.3) is 0 Å². The fraction of sp³-hybridized carbons (Fsp3) is 0.444. The first-order valence-electron chi connectivity index (χ1n) is 8.25. The molecule has 5 heteroatoms. The van der Waals surface area contributed by atoms with Crippen molar-refractivity contribution in [2.24, 2.45) is 0 Å². The molecule has 1 aromatic carbocycles. The molecule has 1 aromatic heterocycles. The van der Waals surface area contributed by atoms with Crippen molar-refractivity contribution in [1.82, 2.24) is 15.1 Å². The molecular weight excluding hydrogens is 291 g/mol. The largest absolute Gasteiger partial charge is 0.365 e. The number of nitrogens with zero attached hydrogens (tertiary/aromatic N) is 3. The van der Waals surface area contributed by atoms with Crippen LogP contribution in [-0.2, 0) is 0 Å². The average Bonchev–Trinajstić information content (AvgIpc) is 2.56. The molecule has 0 saturated carbocycles. The standard InChI is InChI=1S/C18H23FN4/c1-3-23-10-4-5-16(12-23)20-17-11-13(2)18(22-21-17)14-6-8-15(19)9-7-14/h6-9,11,16H,3-5,10,12H2,1-2H3,(H,20,21)/t16-/m1/s1. The third-order valence-corrected chi connectivity index (χ3v) is 4.41. The molecule has 0 spiro atoms. The monoisotopic (exact) mass is 314 g/mol. The summed E-state index contributed by atoms with van der Waals surface area (Å²) in [6.45, 7) is 7.54. The average molecular weight is 314 g/mol. The van der Waals surface area contributed by atoms with Crippen LogP contribution in [0.3, 0.4) is 0 Å². The second-order valence-electron chi connectivity index (χ2n) is 6.14. The van der Waals surface area contributed by atoms with Crippen molar-refractivity contribution in [3.63, 3.8) is 0 Å². The summed E-state index contributed by atoms with van der Waals surface area (Å²) in [5.41, 5.74) is 2.73. The van der Waals surface area contributed by atoms with Crippen LogP contribution in [0.4, 0.5) is 10.2 Å². The summed E-state index contributed by atoms with van der Waals surface area (Å²) >= 11 is 0. The van der Waals surface area contributed by atoms with Crippen LogP contribution in [0, 0.1) is 12.7 Å². The zero-order valence-electron chi connectivity index (χ0n) is 13.7. The number of hydrogen-bond donors (Lipinski definition) is 1. The van der Waals surface area contributed by atoms with Gasteiger partial charge in [0.05, 0.1) is 5.69 Å². The van der Waals surface area contributed by atoms with Crippen molar-refractivity contribution < 1.29 is 4.39 Å². The SMILES string of the molecule is CCN1CCC[C@@H](Nc2cc(C)c(-c3ccc(F)cc3)nn2)C1. The first-order chi connectivity index (χ1) is 11.2. The lowest BCUT2D eigenvalue weighted by Crippen LogP contribution is -2.42. The Morgan fingerprint density at radius 1 is 1.26 bits per heavy atom. The second-order valence-corrected chi connectivity index (χ2v) is 6.14. The van der Waals surface area contributed by atoms with E-state index in [1.165, 1.54) is 25.1 Å². The molecule has 1 saturated heterocycles. The van der Waals surface area contributed by atoms with Gasteiger partial charge >= 0.3 is 0 Å². The normalized spacial score (nSPS) is 18.8. The van der Waals surface area contributed by atoms with Gasteiger partial charge in [0.2, 0.25) is 0 Å². The molecule has 0 radical (unpaired) electrons. The third-order valence-electron chi connectivity index (χ3n) is 4.41. The highest BCUT2D eigenvalue weighted by Crippen LogP contribution is 2.23. The number of aryl methyl sites for hydroxylation is 1. The number of likely N-dealkylation sites (tertiary alicyclic amines) is 1. The summed E-state index contributed by atoms with van der Waals surface area (Å²) in [6.07, 6.45) is 2.38. The smallest absolute Gasteiger partial charge is 0.149 e. The zero-order chi connectivity index (χ0) is 16.2. The minimum Gasteiger partial charge on any atom is -0.365 e. The second kappa shape index (κ2) is 7.04. The summed E-state index contributed by atoms with van der Waals surface area (Å²) in [5.74, 6) is 0.576. The lowest BCUT2D eigenvalue weighted by atomic mass is 10.1. The minimum absolute atomic E-state index is 0.240. The number of hydrogen-bond acceptors (Lipinski definition) is 4. The minimum atomic E-state index is -0.240. The summed E-state index contributed by atoms with van der Waals surface area (Å²) in [5, 5.41) is 12.1. The van der Waals surface area contributed by atoms with Crippen molar-refractivity contribution in [2.45, 2.75) is 32.7 Å². The number of likely N-dealkylation sites (N-methyl/N-ethyl adjacent to an activating group) is 1. The van der Waals surface area contributed by atoms with E-state index in [2.05, 4.69) is 27.3 Å². The van der Waals surface area contributed by atoms with Crippen molar-refractivity contribution in [3.05, 3.63) is 41.7 Å². The molecule has 1 atom stereocenters. The number of halogens is 1. The van der Waals surface area contributed by atoms with E-state index >= 15 is 0 Å². The Labute approximate surface area is 136 Å². The molecule has 0 bridgehead atoms. The van der Waals surface area contributed by atoms with Crippen LogP contribution in [0.15, 0.2) is 30.3 Å². The van der Waals surface area contributed by atoms with Gasteiger partial charge < -0.3 is 10.2 Å². The highest BCUT2D eigenvalue weighted by molar-refractivity contribution is 5.63. The van der Waals surface area contributed by atoms with E-state index in [0.717, 1.165) is 42.1 Å². The Morgan fingerprint density at radius 3 is 2.74 bits per heavy atom. The number of aromatic nitrogens is 2. The van der Waals surface area contributed by atoms with Crippen molar-refractivity contribution in [2.75, 3.05) is 25.0 Å². The van der Waals surface area contributed by atoms with E-state index in [0.29, 0.717) is 6.04 Å². The Kier molecular flexibility index (Phi) is 4.86. The maximum Gasteiger partial charge on any atom is 0.149 e. The van der Waals surface area contributed by atoms with E-state index in [4.69, 9.17) is 0 Å². The Morgan fingerprint density at radius 2 is 2.04 bits per heavy atom. The van der Waals surface area contributed by atoms with E-state index in [-0.39, 0.29) is 5.82 Å². The summed E-state index contributed by atoms with van der Waals surface area (Å²) in [6, 6.07) is 8.82. The quantitative estimate of drug-likeness (QED) is 0.938. The molecule has 0 aliphatic carbocycles. The molecule has 23 heavy (non-hydrogen) atoms. The van der Waals surface area contributed by atoms with E-state index in [9.17, 15) is 4.39 Å². The van der Waals surface area contributed by atoms with Crippen LogP contribution in [0.1, 0.15) is 25.3 Å². The highest BCUT2D eigenvalue weighted by atomic mass is 19.1. The van der Waals surface area contributed by atoms with E-state index in [1.807, 2.05) is 13.0 Å². The molecule has 1 aliphatic rings. The van der Waals surface area contributed by atoms with Gasteiger partial charge in [0, 0.05) is 18.2 Å². The van der Waals surface area contributed by atoms with Gasteiger partial charge in [-0.1, -0.05) is 6.92 Å². The maximum atomic E-state index is 13.0. The van der Waals surface area contributed by atoms with Gasteiger partial charge in [-0.25, -0.2) is 4.39 Å². The van der Waals surface area contributed by atoms with Crippen molar-refractivity contribution in [3.8, 4) is 11.3 Å². The number of anilines is 1. The molecular formula is C18H23FN4. The van der Waals surface area contributed by atoms with Crippen LogP contribution in [0.5, 0.6) is 0 Å². The molecule has 4 nitrogen and oxygen atoms in total. The fourth-order valence-electron chi connectivity index (χ4n) is 3.12. The molecule has 1 aliphatic heterocycles. The van der Waals surface area contributed by atoms with Gasteiger partial charge in [0.1, 0.15) is 11.6 Å². The Balaban J connectivity index is 1.73. The summed E-state index contributed by atoms with van der Waals surface area (Å²) in [7, 11) is 0. The molecule has 3 rings (SSSR count). The van der Waals surface area contributed by atoms with Crippen LogP contribution >= 0.6 is 0 Å². The number of rotatable bonds is 4. The van der Waals surface area contributed by atoms with Gasteiger partial charge in [0.15, 0.2) is 0 Å². The zero-order valence-corrected chi connectivity index (χ0v) is 13.7. The van der Waals surface area contributed by atoms with Gasteiger partial charge in [-0.15, -0.1) is 10.2 Å². The topological polar surface area (TPSA) is 41.0 Å².